The van der Waals surface area contributed by atoms with Gasteiger partial charge < -0.3 is 19.1 Å². The summed E-state index contributed by atoms with van der Waals surface area (Å²) in [6.07, 6.45) is 5.26. The van der Waals surface area contributed by atoms with Gasteiger partial charge in [-0.3, -0.25) is 0 Å². The van der Waals surface area contributed by atoms with Crippen molar-refractivity contribution in [3.63, 3.8) is 0 Å². The molecule has 2 atom stereocenters. The lowest BCUT2D eigenvalue weighted by Crippen LogP contribution is -2.56. The quantitative estimate of drug-likeness (QED) is 0.626. The van der Waals surface area contributed by atoms with E-state index in [-0.39, 0.29) is 24.9 Å². The second-order valence-corrected chi connectivity index (χ2v) is 7.53. The van der Waals surface area contributed by atoms with Crippen LogP contribution in [-0.2, 0) is 14.2 Å². The van der Waals surface area contributed by atoms with Gasteiger partial charge in [0.2, 0.25) is 0 Å². The fraction of sp³-hybridized carbons (Fsp3) is 0.476. The van der Waals surface area contributed by atoms with Crippen molar-refractivity contribution in [2.24, 2.45) is 22.1 Å². The number of alkyl halides is 2. The van der Waals surface area contributed by atoms with Gasteiger partial charge in [0, 0.05) is 31.2 Å². The SMILES string of the molecule is COCCOC1=C(OC)C=C2N=NC=C(c3ccc(N4CC(F)(F)C4)nc3)C2C1C. The molecule has 2 unspecified atom stereocenters. The lowest BCUT2D eigenvalue weighted by molar-refractivity contribution is -0.0267. The monoisotopic (exact) mass is 418 g/mol. The predicted octanol–water partition coefficient (Wildman–Crippen LogP) is 4.01. The van der Waals surface area contributed by atoms with Crippen LogP contribution in [0.25, 0.3) is 5.57 Å². The molecule has 0 bridgehead atoms. The molecule has 0 amide bonds. The van der Waals surface area contributed by atoms with E-state index >= 15 is 0 Å². The Bertz CT molecular complexity index is 917. The van der Waals surface area contributed by atoms with Crippen LogP contribution < -0.4 is 4.90 Å². The van der Waals surface area contributed by atoms with Crippen LogP contribution in [0, 0.1) is 11.8 Å². The van der Waals surface area contributed by atoms with Crippen LogP contribution in [0.5, 0.6) is 0 Å². The highest BCUT2D eigenvalue weighted by atomic mass is 19.3. The number of methoxy groups -OCH3 is 2. The molecule has 3 aliphatic rings. The Labute approximate surface area is 173 Å². The molecular weight excluding hydrogens is 394 g/mol. The summed E-state index contributed by atoms with van der Waals surface area (Å²) in [4.78, 5) is 5.95. The third kappa shape index (κ3) is 3.81. The van der Waals surface area contributed by atoms with Crippen molar-refractivity contribution in [2.45, 2.75) is 12.8 Å². The van der Waals surface area contributed by atoms with Crippen LogP contribution >= 0.6 is 0 Å². The van der Waals surface area contributed by atoms with E-state index in [4.69, 9.17) is 14.2 Å². The first kappa shape index (κ1) is 20.5. The van der Waals surface area contributed by atoms with Gasteiger partial charge in [0.25, 0.3) is 5.92 Å². The largest absolute Gasteiger partial charge is 0.493 e. The standard InChI is InChI=1S/C21H24F2N4O3/c1-13-19-15(14-4-5-18(24-9-14)27-11-21(22,23)12-27)10-25-26-16(19)8-17(29-3)20(13)30-7-6-28-2/h4-5,8-10,13,19H,6-7,11-12H2,1-3H3. The Balaban J connectivity index is 1.57. The van der Waals surface area contributed by atoms with Gasteiger partial charge in [-0.05, 0) is 23.3 Å². The highest BCUT2D eigenvalue weighted by Gasteiger charge is 2.44. The third-order valence-corrected chi connectivity index (χ3v) is 5.47. The van der Waals surface area contributed by atoms with Crippen molar-refractivity contribution in [3.05, 3.63) is 53.4 Å². The first-order valence-corrected chi connectivity index (χ1v) is 9.75. The number of halogens is 2. The highest BCUT2D eigenvalue weighted by Crippen LogP contribution is 2.45. The summed E-state index contributed by atoms with van der Waals surface area (Å²) < 4.78 is 42.8. The van der Waals surface area contributed by atoms with Gasteiger partial charge >= 0.3 is 0 Å². The summed E-state index contributed by atoms with van der Waals surface area (Å²) in [6, 6.07) is 3.65. The van der Waals surface area contributed by atoms with Gasteiger partial charge in [-0.25, -0.2) is 13.8 Å². The normalized spacial score (nSPS) is 24.6. The van der Waals surface area contributed by atoms with Gasteiger partial charge in [0.1, 0.15) is 18.2 Å². The lowest BCUT2D eigenvalue weighted by atomic mass is 9.77. The number of nitrogens with zero attached hydrogens (tertiary/aromatic N) is 4. The molecule has 1 aromatic heterocycles. The molecular formula is C21H24F2N4O3. The average molecular weight is 418 g/mol. The molecule has 1 aromatic rings. The van der Waals surface area contributed by atoms with Crippen molar-refractivity contribution < 1.29 is 23.0 Å². The zero-order valence-electron chi connectivity index (χ0n) is 17.1. The molecule has 0 radical (unpaired) electrons. The zero-order chi connectivity index (χ0) is 21.3. The summed E-state index contributed by atoms with van der Waals surface area (Å²) in [7, 11) is 3.22. The van der Waals surface area contributed by atoms with E-state index in [2.05, 4.69) is 22.1 Å². The Morgan fingerprint density at radius 2 is 2.00 bits per heavy atom. The molecule has 30 heavy (non-hydrogen) atoms. The summed E-state index contributed by atoms with van der Waals surface area (Å²) in [5.41, 5.74) is 2.59. The number of fused-ring (bicyclic) bond motifs is 1. The first-order valence-electron chi connectivity index (χ1n) is 9.75. The van der Waals surface area contributed by atoms with Crippen molar-refractivity contribution >= 4 is 11.4 Å². The van der Waals surface area contributed by atoms with E-state index in [9.17, 15) is 8.78 Å². The number of pyridine rings is 1. The zero-order valence-corrected chi connectivity index (χ0v) is 17.1. The number of anilines is 1. The number of azo groups is 1. The molecule has 9 heteroatoms. The van der Waals surface area contributed by atoms with Crippen molar-refractivity contribution in [3.8, 4) is 0 Å². The summed E-state index contributed by atoms with van der Waals surface area (Å²) >= 11 is 0. The number of aromatic nitrogens is 1. The molecule has 1 fully saturated rings. The smallest absolute Gasteiger partial charge is 0.282 e. The topological polar surface area (TPSA) is 68.5 Å². The van der Waals surface area contributed by atoms with E-state index < -0.39 is 5.92 Å². The van der Waals surface area contributed by atoms with E-state index in [1.807, 2.05) is 12.1 Å². The van der Waals surface area contributed by atoms with Crippen molar-refractivity contribution in [1.29, 1.82) is 0 Å². The van der Waals surface area contributed by atoms with Crippen molar-refractivity contribution in [1.82, 2.24) is 4.98 Å². The average Bonchev–Trinajstić information content (AvgIpc) is 2.73. The second kappa shape index (κ2) is 8.14. The molecule has 0 spiro atoms. The first-order chi connectivity index (χ1) is 14.4. The molecule has 1 aliphatic carbocycles. The van der Waals surface area contributed by atoms with Crippen LogP contribution in [0.4, 0.5) is 14.6 Å². The van der Waals surface area contributed by atoms with Gasteiger partial charge in [0.05, 0.1) is 38.7 Å². The van der Waals surface area contributed by atoms with Crippen LogP contribution in [0.1, 0.15) is 12.5 Å². The molecule has 1 saturated heterocycles. The van der Waals surface area contributed by atoms with Crippen LogP contribution in [0.15, 0.2) is 58.0 Å². The Morgan fingerprint density at radius 3 is 2.63 bits per heavy atom. The third-order valence-electron chi connectivity index (χ3n) is 5.47. The molecule has 2 aliphatic heterocycles. The maximum absolute atomic E-state index is 13.1. The minimum atomic E-state index is -2.63. The van der Waals surface area contributed by atoms with Crippen LogP contribution in [0.2, 0.25) is 0 Å². The minimum absolute atomic E-state index is 0.0453. The van der Waals surface area contributed by atoms with E-state index in [1.165, 1.54) is 0 Å². The van der Waals surface area contributed by atoms with Gasteiger partial charge in [-0.2, -0.15) is 10.2 Å². The number of rotatable bonds is 7. The van der Waals surface area contributed by atoms with E-state index in [1.54, 1.807) is 37.6 Å². The number of hydrogen-bond acceptors (Lipinski definition) is 7. The number of ether oxygens (including phenoxy) is 3. The molecule has 160 valence electrons. The van der Waals surface area contributed by atoms with Gasteiger partial charge in [-0.1, -0.05) is 6.92 Å². The molecule has 0 N–H and O–H groups in total. The molecule has 4 rings (SSSR count). The Hall–Kier alpha value is -2.81. The number of allylic oxidation sites excluding steroid dienone is 3. The van der Waals surface area contributed by atoms with Crippen molar-refractivity contribution in [2.75, 3.05) is 45.4 Å². The minimum Gasteiger partial charge on any atom is -0.493 e. The fourth-order valence-electron chi connectivity index (χ4n) is 3.95. The molecule has 7 nitrogen and oxygen atoms in total. The lowest BCUT2D eigenvalue weighted by Gasteiger charge is -2.39. The summed E-state index contributed by atoms with van der Waals surface area (Å²) in [6.45, 7) is 2.34. The van der Waals surface area contributed by atoms with Crippen LogP contribution in [-0.4, -0.2) is 51.4 Å². The predicted molar refractivity (Wildman–Crippen MR) is 107 cm³/mol. The maximum Gasteiger partial charge on any atom is 0.282 e. The molecule has 3 heterocycles. The Kier molecular flexibility index (Phi) is 5.55. The van der Waals surface area contributed by atoms with Crippen LogP contribution in [0.3, 0.4) is 0 Å². The summed E-state index contributed by atoms with van der Waals surface area (Å²) in [5, 5.41) is 8.44. The number of hydrogen-bond donors (Lipinski definition) is 0. The van der Waals surface area contributed by atoms with E-state index in [0.717, 1.165) is 22.6 Å². The van der Waals surface area contributed by atoms with Gasteiger partial charge in [0.15, 0.2) is 5.76 Å². The maximum atomic E-state index is 13.1. The molecule has 0 aromatic carbocycles. The fourth-order valence-corrected chi connectivity index (χ4v) is 3.95. The highest BCUT2D eigenvalue weighted by molar-refractivity contribution is 5.72. The summed E-state index contributed by atoms with van der Waals surface area (Å²) in [5.74, 6) is -0.860. The molecule has 0 saturated carbocycles. The van der Waals surface area contributed by atoms with E-state index in [0.29, 0.717) is 24.8 Å². The Morgan fingerprint density at radius 1 is 1.20 bits per heavy atom. The van der Waals surface area contributed by atoms with Gasteiger partial charge in [-0.15, -0.1) is 0 Å². The second-order valence-electron chi connectivity index (χ2n) is 7.53.